The number of thiocarbonyl (C=S) groups is 1. The molecule has 0 fully saturated rings. The third-order valence-electron chi connectivity index (χ3n) is 4.79. The fraction of sp³-hybridized carbons (Fsp3) is 0.136. The van der Waals surface area contributed by atoms with Crippen molar-refractivity contribution in [2.75, 3.05) is 19.1 Å². The van der Waals surface area contributed by atoms with E-state index >= 15 is 0 Å². The Morgan fingerprint density at radius 2 is 1.59 bits per heavy atom. The summed E-state index contributed by atoms with van der Waals surface area (Å²) >= 11 is 5.68. The normalized spacial score (nSPS) is 14.9. The number of hydrogen-bond acceptors (Lipinski definition) is 4. The number of benzene rings is 3. The van der Waals surface area contributed by atoms with Gasteiger partial charge in [0.15, 0.2) is 5.05 Å². The Bertz CT molecular complexity index is 1000. The van der Waals surface area contributed by atoms with Crippen molar-refractivity contribution >= 4 is 28.6 Å². The zero-order chi connectivity index (χ0) is 19.0. The second-order valence-electron chi connectivity index (χ2n) is 6.35. The topological polar surface area (TPSA) is 21.7 Å². The predicted octanol–water partition coefficient (Wildman–Crippen LogP) is 5.45. The van der Waals surface area contributed by atoms with Crippen LogP contribution in [0, 0.1) is 5.82 Å². The molecular formula is C22H18FNO2S. The Kier molecular flexibility index (Phi) is 4.54. The summed E-state index contributed by atoms with van der Waals surface area (Å²) in [6.45, 7) is 0. The van der Waals surface area contributed by atoms with Gasteiger partial charge in [0.2, 0.25) is 0 Å². The molecule has 136 valence electrons. The fourth-order valence-electron chi connectivity index (χ4n) is 3.45. The average molecular weight is 379 g/mol. The quantitative estimate of drug-likeness (QED) is 0.564. The van der Waals surface area contributed by atoms with Gasteiger partial charge in [0, 0.05) is 24.5 Å². The Labute approximate surface area is 163 Å². The van der Waals surface area contributed by atoms with Crippen LogP contribution in [-0.4, -0.2) is 19.2 Å². The van der Waals surface area contributed by atoms with Gasteiger partial charge in [0.1, 0.15) is 17.3 Å². The SMILES string of the molecule is COc1ccc2c(c1)N(C)c1ccccc1C2C(=S)Oc1ccc(F)cc1. The number of hydrogen-bond donors (Lipinski definition) is 0. The van der Waals surface area contributed by atoms with Gasteiger partial charge in [-0.2, -0.15) is 0 Å². The van der Waals surface area contributed by atoms with Gasteiger partial charge in [0.05, 0.1) is 13.0 Å². The van der Waals surface area contributed by atoms with Gasteiger partial charge >= 0.3 is 0 Å². The van der Waals surface area contributed by atoms with Gasteiger partial charge in [-0.05, 0) is 59.7 Å². The van der Waals surface area contributed by atoms with Crippen LogP contribution in [0.3, 0.4) is 0 Å². The highest BCUT2D eigenvalue weighted by Gasteiger charge is 2.33. The maximum atomic E-state index is 13.2. The van der Waals surface area contributed by atoms with Crippen molar-refractivity contribution in [1.82, 2.24) is 0 Å². The zero-order valence-corrected chi connectivity index (χ0v) is 15.8. The first kappa shape index (κ1) is 17.5. The minimum Gasteiger partial charge on any atom is -0.497 e. The molecule has 3 nitrogen and oxygen atoms in total. The summed E-state index contributed by atoms with van der Waals surface area (Å²) in [5, 5.41) is 0.425. The van der Waals surface area contributed by atoms with E-state index in [0.29, 0.717) is 10.8 Å². The Balaban J connectivity index is 1.79. The molecule has 5 heteroatoms. The number of ether oxygens (including phenoxy) is 2. The maximum absolute atomic E-state index is 13.2. The zero-order valence-electron chi connectivity index (χ0n) is 15.0. The first-order valence-corrected chi connectivity index (χ1v) is 8.97. The summed E-state index contributed by atoms with van der Waals surface area (Å²) in [6.07, 6.45) is 0. The molecule has 0 aromatic heterocycles. The van der Waals surface area contributed by atoms with Crippen molar-refractivity contribution in [3.63, 3.8) is 0 Å². The highest BCUT2D eigenvalue weighted by Crippen LogP contribution is 2.46. The van der Waals surface area contributed by atoms with E-state index < -0.39 is 0 Å². The highest BCUT2D eigenvalue weighted by molar-refractivity contribution is 7.80. The second-order valence-corrected chi connectivity index (χ2v) is 6.75. The number of methoxy groups -OCH3 is 1. The minimum absolute atomic E-state index is 0.210. The maximum Gasteiger partial charge on any atom is 0.179 e. The van der Waals surface area contributed by atoms with Crippen molar-refractivity contribution in [2.24, 2.45) is 0 Å². The Morgan fingerprint density at radius 3 is 2.33 bits per heavy atom. The molecule has 1 unspecified atom stereocenters. The summed E-state index contributed by atoms with van der Waals surface area (Å²) in [5.41, 5.74) is 4.20. The number of rotatable bonds is 3. The van der Waals surface area contributed by atoms with Gasteiger partial charge in [-0.15, -0.1) is 0 Å². The molecule has 0 aliphatic carbocycles. The van der Waals surface area contributed by atoms with Crippen molar-refractivity contribution in [1.29, 1.82) is 0 Å². The summed E-state index contributed by atoms with van der Waals surface area (Å²) < 4.78 is 24.5. The summed E-state index contributed by atoms with van der Waals surface area (Å²) in [7, 11) is 3.68. The van der Waals surface area contributed by atoms with Crippen molar-refractivity contribution in [2.45, 2.75) is 5.92 Å². The molecule has 0 amide bonds. The molecule has 0 radical (unpaired) electrons. The van der Waals surface area contributed by atoms with E-state index in [0.717, 1.165) is 28.3 Å². The molecule has 1 heterocycles. The molecule has 1 aliphatic rings. The molecule has 4 rings (SSSR count). The number of anilines is 2. The highest BCUT2D eigenvalue weighted by atomic mass is 32.1. The number of nitrogens with zero attached hydrogens (tertiary/aromatic N) is 1. The van der Waals surface area contributed by atoms with E-state index in [4.69, 9.17) is 21.7 Å². The molecule has 0 bridgehead atoms. The van der Waals surface area contributed by atoms with Crippen LogP contribution in [0.5, 0.6) is 11.5 Å². The lowest BCUT2D eigenvalue weighted by Gasteiger charge is -2.35. The molecule has 0 spiro atoms. The summed E-state index contributed by atoms with van der Waals surface area (Å²) in [6, 6.07) is 19.9. The van der Waals surface area contributed by atoms with Crippen molar-refractivity contribution in [3.8, 4) is 11.5 Å². The monoisotopic (exact) mass is 379 g/mol. The molecule has 3 aromatic carbocycles. The van der Waals surface area contributed by atoms with Gasteiger partial charge in [0.25, 0.3) is 0 Å². The molecular weight excluding hydrogens is 361 g/mol. The standard InChI is InChI=1S/C22H18FNO2S/c1-24-19-6-4-3-5-17(19)21(18-12-11-16(25-2)13-20(18)24)22(27)26-15-9-7-14(23)8-10-15/h3-13,21H,1-2H3. The Morgan fingerprint density at radius 1 is 0.926 bits per heavy atom. The van der Waals surface area contributed by atoms with Gasteiger partial charge in [-0.3, -0.25) is 0 Å². The lowest BCUT2D eigenvalue weighted by molar-refractivity contribution is 0.414. The molecule has 1 aliphatic heterocycles. The van der Waals surface area contributed by atoms with Crippen LogP contribution in [0.4, 0.5) is 15.8 Å². The van der Waals surface area contributed by atoms with E-state index in [-0.39, 0.29) is 11.7 Å². The summed E-state index contributed by atoms with van der Waals surface area (Å²) in [4.78, 5) is 2.13. The van der Waals surface area contributed by atoms with E-state index in [1.165, 1.54) is 12.1 Å². The van der Waals surface area contributed by atoms with Crippen LogP contribution >= 0.6 is 12.2 Å². The van der Waals surface area contributed by atoms with E-state index in [9.17, 15) is 4.39 Å². The average Bonchev–Trinajstić information content (AvgIpc) is 2.70. The van der Waals surface area contributed by atoms with Crippen LogP contribution in [0.15, 0.2) is 66.7 Å². The van der Waals surface area contributed by atoms with Gasteiger partial charge in [-0.1, -0.05) is 24.3 Å². The molecule has 0 saturated carbocycles. The molecule has 0 saturated heterocycles. The third-order valence-corrected chi connectivity index (χ3v) is 5.11. The number of fused-ring (bicyclic) bond motifs is 2. The van der Waals surface area contributed by atoms with Crippen LogP contribution in [-0.2, 0) is 0 Å². The third kappa shape index (κ3) is 3.15. The van der Waals surface area contributed by atoms with E-state index in [2.05, 4.69) is 17.0 Å². The number of halogens is 1. The van der Waals surface area contributed by atoms with E-state index in [1.807, 2.05) is 37.4 Å². The Hall–Kier alpha value is -2.92. The largest absolute Gasteiger partial charge is 0.497 e. The smallest absolute Gasteiger partial charge is 0.179 e. The number of para-hydroxylation sites is 1. The first-order valence-electron chi connectivity index (χ1n) is 8.56. The van der Waals surface area contributed by atoms with Crippen LogP contribution in [0.1, 0.15) is 17.0 Å². The van der Waals surface area contributed by atoms with Gasteiger partial charge in [-0.25, -0.2) is 4.39 Å². The van der Waals surface area contributed by atoms with Crippen LogP contribution in [0.2, 0.25) is 0 Å². The van der Waals surface area contributed by atoms with Gasteiger partial charge < -0.3 is 14.4 Å². The lowest BCUT2D eigenvalue weighted by atomic mass is 9.85. The van der Waals surface area contributed by atoms with Crippen LogP contribution in [0.25, 0.3) is 0 Å². The van der Waals surface area contributed by atoms with Crippen LogP contribution < -0.4 is 14.4 Å². The van der Waals surface area contributed by atoms with Crippen molar-refractivity contribution in [3.05, 3.63) is 83.7 Å². The lowest BCUT2D eigenvalue weighted by Crippen LogP contribution is -2.27. The molecule has 1 atom stereocenters. The molecule has 27 heavy (non-hydrogen) atoms. The van der Waals surface area contributed by atoms with Crippen molar-refractivity contribution < 1.29 is 13.9 Å². The minimum atomic E-state index is -0.310. The first-order chi connectivity index (χ1) is 13.1. The van der Waals surface area contributed by atoms with E-state index in [1.54, 1.807) is 19.2 Å². The molecule has 3 aromatic rings. The fourth-order valence-corrected chi connectivity index (χ4v) is 3.80. The molecule has 0 N–H and O–H groups in total. The summed E-state index contributed by atoms with van der Waals surface area (Å²) in [5.74, 6) is 0.783. The second kappa shape index (κ2) is 7.00. The predicted molar refractivity (Wildman–Crippen MR) is 109 cm³/mol.